The molecule has 0 radical (unpaired) electrons. The van der Waals surface area contributed by atoms with Crippen LogP contribution in [0.2, 0.25) is 0 Å². The molecule has 1 atom stereocenters. The third kappa shape index (κ3) is 7.95. The summed E-state index contributed by atoms with van der Waals surface area (Å²) in [4.78, 5) is 29.2. The number of likely N-dealkylation sites (tertiary alicyclic amines) is 1. The SMILES string of the molecule is CC1CCN(C(=O)CN(CC(=O)NCc2cc(F)cc(C(F)(F)F)c2)c2ccc(Oc3ccccc3)cc2)C1. The second-order valence-electron chi connectivity index (χ2n) is 9.62. The summed E-state index contributed by atoms with van der Waals surface area (Å²) < 4.78 is 58.6. The lowest BCUT2D eigenvalue weighted by Crippen LogP contribution is -2.44. The topological polar surface area (TPSA) is 61.9 Å². The fourth-order valence-corrected chi connectivity index (χ4v) is 4.36. The first kappa shape index (κ1) is 27.9. The average Bonchev–Trinajstić information content (AvgIpc) is 3.34. The molecule has 3 aromatic rings. The first-order chi connectivity index (χ1) is 18.6. The molecule has 0 spiro atoms. The molecule has 1 heterocycles. The Morgan fingerprint density at radius 3 is 2.33 bits per heavy atom. The molecule has 1 unspecified atom stereocenters. The number of alkyl halides is 3. The van der Waals surface area contributed by atoms with E-state index in [9.17, 15) is 27.2 Å². The lowest BCUT2D eigenvalue weighted by molar-refractivity contribution is -0.137. The molecule has 39 heavy (non-hydrogen) atoms. The number of halogens is 4. The number of anilines is 1. The van der Waals surface area contributed by atoms with E-state index in [-0.39, 0.29) is 31.1 Å². The number of para-hydroxylation sites is 1. The molecule has 4 rings (SSSR count). The van der Waals surface area contributed by atoms with Gasteiger partial charge in [0.2, 0.25) is 11.8 Å². The van der Waals surface area contributed by atoms with E-state index in [1.807, 2.05) is 30.3 Å². The number of hydrogen-bond acceptors (Lipinski definition) is 4. The number of nitrogens with zero attached hydrogens (tertiary/aromatic N) is 2. The summed E-state index contributed by atoms with van der Waals surface area (Å²) >= 11 is 0. The molecular weight excluding hydrogens is 514 g/mol. The number of rotatable bonds is 9. The fraction of sp³-hybridized carbons (Fsp3) is 0.310. The van der Waals surface area contributed by atoms with Crippen LogP contribution in [0.15, 0.2) is 72.8 Å². The van der Waals surface area contributed by atoms with Crippen molar-refractivity contribution < 1.29 is 31.9 Å². The third-order valence-corrected chi connectivity index (χ3v) is 6.39. The van der Waals surface area contributed by atoms with Crippen molar-refractivity contribution in [3.63, 3.8) is 0 Å². The van der Waals surface area contributed by atoms with Gasteiger partial charge in [-0.15, -0.1) is 0 Å². The Morgan fingerprint density at radius 2 is 1.69 bits per heavy atom. The Balaban J connectivity index is 1.45. The highest BCUT2D eigenvalue weighted by molar-refractivity contribution is 5.86. The van der Waals surface area contributed by atoms with Gasteiger partial charge in [-0.25, -0.2) is 4.39 Å². The maximum Gasteiger partial charge on any atom is 0.416 e. The minimum absolute atomic E-state index is 0.0215. The number of ether oxygens (including phenoxy) is 1. The number of carbonyl (C=O) groups excluding carboxylic acids is 2. The minimum atomic E-state index is -4.71. The van der Waals surface area contributed by atoms with Crippen LogP contribution < -0.4 is 15.0 Å². The minimum Gasteiger partial charge on any atom is -0.457 e. The van der Waals surface area contributed by atoms with Gasteiger partial charge in [0, 0.05) is 25.3 Å². The molecule has 0 aliphatic carbocycles. The Morgan fingerprint density at radius 1 is 1.00 bits per heavy atom. The van der Waals surface area contributed by atoms with Crippen LogP contribution in [0.3, 0.4) is 0 Å². The molecule has 10 heteroatoms. The molecule has 1 aliphatic rings. The first-order valence-corrected chi connectivity index (χ1v) is 12.6. The Labute approximate surface area is 224 Å². The molecule has 3 aromatic carbocycles. The van der Waals surface area contributed by atoms with Crippen LogP contribution in [0.25, 0.3) is 0 Å². The van der Waals surface area contributed by atoms with Crippen molar-refractivity contribution in [3.05, 3.63) is 89.7 Å². The first-order valence-electron chi connectivity index (χ1n) is 12.6. The molecule has 1 saturated heterocycles. The highest BCUT2D eigenvalue weighted by Crippen LogP contribution is 2.30. The molecule has 1 N–H and O–H groups in total. The monoisotopic (exact) mass is 543 g/mol. The number of carbonyl (C=O) groups is 2. The van der Waals surface area contributed by atoms with E-state index < -0.39 is 23.5 Å². The average molecular weight is 544 g/mol. The maximum absolute atomic E-state index is 13.7. The fourth-order valence-electron chi connectivity index (χ4n) is 4.36. The van der Waals surface area contributed by atoms with Gasteiger partial charge in [0.15, 0.2) is 0 Å². The van der Waals surface area contributed by atoms with E-state index in [1.54, 1.807) is 34.1 Å². The lowest BCUT2D eigenvalue weighted by atomic mass is 10.1. The maximum atomic E-state index is 13.7. The van der Waals surface area contributed by atoms with Gasteiger partial charge < -0.3 is 19.9 Å². The number of hydrogen-bond donors (Lipinski definition) is 1. The van der Waals surface area contributed by atoms with Gasteiger partial charge in [-0.05, 0) is 72.5 Å². The normalized spacial score (nSPS) is 15.2. The number of benzene rings is 3. The quantitative estimate of drug-likeness (QED) is 0.356. The van der Waals surface area contributed by atoms with Crippen molar-refractivity contribution in [1.82, 2.24) is 10.2 Å². The molecular formula is C29H29F4N3O3. The van der Waals surface area contributed by atoms with Crippen molar-refractivity contribution in [2.45, 2.75) is 26.1 Å². The summed E-state index contributed by atoms with van der Waals surface area (Å²) in [6.07, 6.45) is -3.80. The largest absolute Gasteiger partial charge is 0.457 e. The predicted octanol–water partition coefficient (Wildman–Crippen LogP) is 5.63. The lowest BCUT2D eigenvalue weighted by Gasteiger charge is -2.26. The number of nitrogens with one attached hydrogen (secondary N) is 1. The van der Waals surface area contributed by atoms with Crippen molar-refractivity contribution >= 4 is 17.5 Å². The third-order valence-electron chi connectivity index (χ3n) is 6.39. The van der Waals surface area contributed by atoms with E-state index in [2.05, 4.69) is 12.2 Å². The summed E-state index contributed by atoms with van der Waals surface area (Å²) in [6.45, 7) is 2.77. The van der Waals surface area contributed by atoms with E-state index >= 15 is 0 Å². The second-order valence-corrected chi connectivity index (χ2v) is 9.62. The van der Waals surface area contributed by atoms with Crippen molar-refractivity contribution in [1.29, 1.82) is 0 Å². The molecule has 6 nitrogen and oxygen atoms in total. The highest BCUT2D eigenvalue weighted by atomic mass is 19.4. The Bertz CT molecular complexity index is 1280. The highest BCUT2D eigenvalue weighted by Gasteiger charge is 2.31. The molecule has 1 fully saturated rings. The Kier molecular flexibility index (Phi) is 8.73. The van der Waals surface area contributed by atoms with Gasteiger partial charge >= 0.3 is 6.18 Å². The van der Waals surface area contributed by atoms with Crippen LogP contribution in [-0.2, 0) is 22.3 Å². The van der Waals surface area contributed by atoms with Gasteiger partial charge in [0.25, 0.3) is 0 Å². The van der Waals surface area contributed by atoms with Crippen LogP contribution in [0.4, 0.5) is 23.2 Å². The Hall–Kier alpha value is -4.08. The van der Waals surface area contributed by atoms with Gasteiger partial charge in [0.05, 0.1) is 18.7 Å². The molecule has 206 valence electrons. The second kappa shape index (κ2) is 12.2. The predicted molar refractivity (Wildman–Crippen MR) is 139 cm³/mol. The van der Waals surface area contributed by atoms with Crippen LogP contribution in [-0.4, -0.2) is 42.9 Å². The summed E-state index contributed by atoms with van der Waals surface area (Å²) in [5.41, 5.74) is -0.556. The summed E-state index contributed by atoms with van der Waals surface area (Å²) in [5, 5.41) is 2.53. The zero-order chi connectivity index (χ0) is 28.0. The summed E-state index contributed by atoms with van der Waals surface area (Å²) in [5.74, 6) is -0.0740. The van der Waals surface area contributed by atoms with E-state index in [0.717, 1.165) is 18.6 Å². The van der Waals surface area contributed by atoms with Crippen molar-refractivity contribution in [2.24, 2.45) is 5.92 Å². The number of amides is 2. The van der Waals surface area contributed by atoms with E-state index in [0.29, 0.717) is 42.3 Å². The van der Waals surface area contributed by atoms with Crippen molar-refractivity contribution in [2.75, 3.05) is 31.1 Å². The van der Waals surface area contributed by atoms with Gasteiger partial charge in [-0.2, -0.15) is 13.2 Å². The van der Waals surface area contributed by atoms with Crippen LogP contribution >= 0.6 is 0 Å². The smallest absolute Gasteiger partial charge is 0.416 e. The van der Waals surface area contributed by atoms with Crippen LogP contribution in [0.1, 0.15) is 24.5 Å². The van der Waals surface area contributed by atoms with E-state index in [1.165, 1.54) is 0 Å². The zero-order valence-corrected chi connectivity index (χ0v) is 21.4. The molecule has 0 bridgehead atoms. The zero-order valence-electron chi connectivity index (χ0n) is 21.4. The van der Waals surface area contributed by atoms with Crippen LogP contribution in [0, 0.1) is 11.7 Å². The van der Waals surface area contributed by atoms with Crippen LogP contribution in [0.5, 0.6) is 11.5 Å². The standard InChI is InChI=1S/C29H29F4N3O3/c1-20-11-12-35(17-20)28(38)19-36(24-7-9-26(10-8-24)39-25-5-3-2-4-6-25)18-27(37)34-16-21-13-22(29(31,32)33)15-23(30)14-21/h2-10,13-15,20H,11-12,16-19H2,1H3,(H,34,37). The van der Waals surface area contributed by atoms with E-state index in [4.69, 9.17) is 4.74 Å². The molecule has 0 saturated carbocycles. The van der Waals surface area contributed by atoms with Gasteiger partial charge in [-0.1, -0.05) is 25.1 Å². The molecule has 0 aromatic heterocycles. The van der Waals surface area contributed by atoms with Crippen molar-refractivity contribution in [3.8, 4) is 11.5 Å². The summed E-state index contributed by atoms with van der Waals surface area (Å²) in [7, 11) is 0. The summed E-state index contributed by atoms with van der Waals surface area (Å²) in [6, 6.07) is 18.3. The van der Waals surface area contributed by atoms with Gasteiger partial charge in [0.1, 0.15) is 17.3 Å². The molecule has 1 aliphatic heterocycles. The molecule has 2 amide bonds. The van der Waals surface area contributed by atoms with Gasteiger partial charge in [-0.3, -0.25) is 9.59 Å².